The van der Waals surface area contributed by atoms with E-state index in [1.54, 1.807) is 12.1 Å². The van der Waals surface area contributed by atoms with Gasteiger partial charge < -0.3 is 14.8 Å². The highest BCUT2D eigenvalue weighted by molar-refractivity contribution is 7.92. The maximum absolute atomic E-state index is 12.1. The lowest BCUT2D eigenvalue weighted by atomic mass is 10.2. The van der Waals surface area contributed by atoms with Crippen LogP contribution in [0.4, 0.5) is 5.69 Å². The molecule has 1 aromatic rings. The van der Waals surface area contributed by atoms with Crippen molar-refractivity contribution in [2.75, 3.05) is 37.9 Å². The molecule has 8 heteroatoms. The number of nitrogens with one attached hydrogen (secondary N) is 1. The van der Waals surface area contributed by atoms with E-state index >= 15 is 0 Å². The number of benzene rings is 1. The van der Waals surface area contributed by atoms with Crippen LogP contribution in [-0.2, 0) is 14.8 Å². The summed E-state index contributed by atoms with van der Waals surface area (Å²) in [5, 5.41) is 2.70. The molecule has 130 valence electrons. The number of rotatable bonds is 8. The molecular formula is C15H24N2O5S. The molecule has 0 aromatic heterocycles. The van der Waals surface area contributed by atoms with Crippen molar-refractivity contribution in [1.82, 2.24) is 5.32 Å². The molecule has 0 atom stereocenters. The van der Waals surface area contributed by atoms with E-state index < -0.39 is 10.0 Å². The molecule has 0 unspecified atom stereocenters. The van der Waals surface area contributed by atoms with Gasteiger partial charge in [0.1, 0.15) is 18.0 Å². The molecule has 0 aliphatic rings. The maximum Gasteiger partial charge on any atom is 0.240 e. The summed E-state index contributed by atoms with van der Waals surface area (Å²) in [6.45, 7) is 4.07. The van der Waals surface area contributed by atoms with E-state index in [1.165, 1.54) is 20.3 Å². The molecule has 23 heavy (non-hydrogen) atoms. The minimum atomic E-state index is -3.67. The highest BCUT2D eigenvalue weighted by Crippen LogP contribution is 2.33. The Kier molecular flexibility index (Phi) is 6.68. The van der Waals surface area contributed by atoms with Crippen LogP contribution in [0, 0.1) is 5.92 Å². The van der Waals surface area contributed by atoms with Gasteiger partial charge in [0, 0.05) is 12.6 Å². The summed E-state index contributed by atoms with van der Waals surface area (Å²) in [6, 6.07) is 4.77. The zero-order chi connectivity index (χ0) is 17.6. The average molecular weight is 344 g/mol. The Morgan fingerprint density at radius 3 is 2.39 bits per heavy atom. The molecule has 0 aliphatic carbocycles. The molecule has 0 spiro atoms. The van der Waals surface area contributed by atoms with Crippen LogP contribution in [0.2, 0.25) is 0 Å². The number of sulfonamides is 1. The maximum atomic E-state index is 12.1. The lowest BCUT2D eigenvalue weighted by Crippen LogP contribution is -2.41. The Morgan fingerprint density at radius 1 is 1.26 bits per heavy atom. The molecule has 0 heterocycles. The number of anilines is 1. The highest BCUT2D eigenvalue weighted by Gasteiger charge is 2.24. The Morgan fingerprint density at radius 2 is 1.91 bits per heavy atom. The van der Waals surface area contributed by atoms with Gasteiger partial charge in [-0.15, -0.1) is 0 Å². The summed E-state index contributed by atoms with van der Waals surface area (Å²) in [7, 11) is -0.759. The predicted octanol–water partition coefficient (Wildman–Crippen LogP) is 1.24. The van der Waals surface area contributed by atoms with Gasteiger partial charge in [0.25, 0.3) is 0 Å². The molecule has 1 N–H and O–H groups in total. The normalized spacial score (nSPS) is 11.2. The molecule has 1 rings (SSSR count). The van der Waals surface area contributed by atoms with Crippen molar-refractivity contribution >= 4 is 21.6 Å². The second kappa shape index (κ2) is 8.05. The van der Waals surface area contributed by atoms with E-state index in [2.05, 4.69) is 5.32 Å². The summed E-state index contributed by atoms with van der Waals surface area (Å²) in [6.07, 6.45) is 1.04. The summed E-state index contributed by atoms with van der Waals surface area (Å²) < 4.78 is 35.6. The number of methoxy groups -OCH3 is 2. The Labute approximate surface area is 137 Å². The first-order valence-corrected chi connectivity index (χ1v) is 9.00. The monoisotopic (exact) mass is 344 g/mol. The minimum absolute atomic E-state index is 0.258. The number of ether oxygens (including phenoxy) is 2. The minimum Gasteiger partial charge on any atom is -0.497 e. The van der Waals surface area contributed by atoms with Gasteiger partial charge in [-0.1, -0.05) is 13.8 Å². The van der Waals surface area contributed by atoms with Gasteiger partial charge in [-0.25, -0.2) is 8.42 Å². The van der Waals surface area contributed by atoms with Crippen molar-refractivity contribution in [1.29, 1.82) is 0 Å². The molecule has 1 aromatic carbocycles. The number of hydrogen-bond acceptors (Lipinski definition) is 5. The second-order valence-electron chi connectivity index (χ2n) is 5.51. The van der Waals surface area contributed by atoms with E-state index in [0.717, 1.165) is 10.6 Å². The zero-order valence-corrected chi connectivity index (χ0v) is 14.9. The van der Waals surface area contributed by atoms with Crippen molar-refractivity contribution in [2.24, 2.45) is 5.92 Å². The smallest absolute Gasteiger partial charge is 0.240 e. The third-order valence-corrected chi connectivity index (χ3v) is 4.18. The van der Waals surface area contributed by atoms with Crippen LogP contribution in [0.5, 0.6) is 11.5 Å². The number of nitrogens with zero attached hydrogens (tertiary/aromatic N) is 1. The predicted molar refractivity (Wildman–Crippen MR) is 89.6 cm³/mol. The fourth-order valence-corrected chi connectivity index (χ4v) is 2.73. The van der Waals surface area contributed by atoms with E-state index in [0.29, 0.717) is 18.0 Å². The largest absolute Gasteiger partial charge is 0.497 e. The quantitative estimate of drug-likeness (QED) is 0.767. The molecule has 1 amide bonds. The van der Waals surface area contributed by atoms with Gasteiger partial charge in [-0.05, 0) is 18.1 Å². The average Bonchev–Trinajstić information content (AvgIpc) is 2.48. The van der Waals surface area contributed by atoms with Crippen molar-refractivity contribution in [3.63, 3.8) is 0 Å². The molecule has 0 fully saturated rings. The SMILES string of the molecule is COc1ccc(OC)c(N(CC(=O)NCC(C)C)S(C)(=O)=O)c1. The number of carbonyl (C=O) groups is 1. The van der Waals surface area contributed by atoms with Gasteiger partial charge in [0.15, 0.2) is 0 Å². The summed E-state index contributed by atoms with van der Waals surface area (Å²) in [5.41, 5.74) is 0.258. The summed E-state index contributed by atoms with van der Waals surface area (Å²) >= 11 is 0. The first kappa shape index (κ1) is 19.1. The van der Waals surface area contributed by atoms with Crippen LogP contribution < -0.4 is 19.1 Å². The second-order valence-corrected chi connectivity index (χ2v) is 7.41. The van der Waals surface area contributed by atoms with Crippen molar-refractivity contribution < 1.29 is 22.7 Å². The molecule has 7 nitrogen and oxygen atoms in total. The molecule has 0 radical (unpaired) electrons. The van der Waals surface area contributed by atoms with Crippen molar-refractivity contribution in [2.45, 2.75) is 13.8 Å². The number of hydrogen-bond donors (Lipinski definition) is 1. The third-order valence-electron chi connectivity index (χ3n) is 3.05. The fraction of sp³-hybridized carbons (Fsp3) is 0.533. The van der Waals surface area contributed by atoms with Gasteiger partial charge >= 0.3 is 0 Å². The topological polar surface area (TPSA) is 84.9 Å². The fourth-order valence-electron chi connectivity index (χ4n) is 1.88. The summed E-state index contributed by atoms with van der Waals surface area (Å²) in [5.74, 6) is 0.705. The van der Waals surface area contributed by atoms with Gasteiger partial charge in [0.2, 0.25) is 15.9 Å². The Hall–Kier alpha value is -1.96. The first-order valence-electron chi connectivity index (χ1n) is 7.15. The molecule has 0 aliphatic heterocycles. The van der Waals surface area contributed by atoms with Gasteiger partial charge in [-0.3, -0.25) is 9.10 Å². The first-order chi connectivity index (χ1) is 10.7. The Balaban J connectivity index is 3.15. The summed E-state index contributed by atoms with van der Waals surface area (Å²) in [4.78, 5) is 12.0. The van der Waals surface area contributed by atoms with Crippen molar-refractivity contribution in [3.8, 4) is 11.5 Å². The highest BCUT2D eigenvalue weighted by atomic mass is 32.2. The van der Waals surface area contributed by atoms with E-state index in [9.17, 15) is 13.2 Å². The van der Waals surface area contributed by atoms with Crippen LogP contribution in [0.3, 0.4) is 0 Å². The van der Waals surface area contributed by atoms with E-state index in [-0.39, 0.29) is 24.1 Å². The van der Waals surface area contributed by atoms with Crippen LogP contribution in [0.15, 0.2) is 18.2 Å². The van der Waals surface area contributed by atoms with Crippen LogP contribution in [0.1, 0.15) is 13.8 Å². The molecule has 0 bridgehead atoms. The number of amides is 1. The standard InChI is InChI=1S/C15H24N2O5S/c1-11(2)9-16-15(18)10-17(23(5,19)20)13-8-12(21-3)6-7-14(13)22-4/h6-8,11H,9-10H2,1-5H3,(H,16,18). The zero-order valence-electron chi connectivity index (χ0n) is 14.1. The van der Waals surface area contributed by atoms with E-state index in [4.69, 9.17) is 9.47 Å². The van der Waals surface area contributed by atoms with Crippen LogP contribution in [0.25, 0.3) is 0 Å². The molecule has 0 saturated heterocycles. The molecular weight excluding hydrogens is 320 g/mol. The Bertz CT molecular complexity index is 643. The van der Waals surface area contributed by atoms with E-state index in [1.807, 2.05) is 13.8 Å². The van der Waals surface area contributed by atoms with Crippen molar-refractivity contribution in [3.05, 3.63) is 18.2 Å². The third kappa shape index (κ3) is 5.63. The molecule has 0 saturated carbocycles. The lowest BCUT2D eigenvalue weighted by Gasteiger charge is -2.24. The van der Waals surface area contributed by atoms with Crippen LogP contribution in [-0.4, -0.2) is 47.9 Å². The van der Waals surface area contributed by atoms with Crippen LogP contribution >= 0.6 is 0 Å². The number of carbonyl (C=O) groups excluding carboxylic acids is 1. The lowest BCUT2D eigenvalue weighted by molar-refractivity contribution is -0.119. The van der Waals surface area contributed by atoms with Gasteiger partial charge in [0.05, 0.1) is 26.2 Å². The van der Waals surface area contributed by atoms with Gasteiger partial charge in [-0.2, -0.15) is 0 Å².